The monoisotopic (exact) mass is 285 g/mol. The number of benzene rings is 1. The molecular formula is C15H19N5O. The number of hydrogen-bond donors (Lipinski definition) is 2. The Labute approximate surface area is 123 Å². The Bertz CT molecular complexity index is 589. The largest absolute Gasteiger partial charge is 0.349 e. The Hall–Kier alpha value is -2.21. The van der Waals surface area contributed by atoms with Crippen LogP contribution in [0.5, 0.6) is 0 Å². The van der Waals surface area contributed by atoms with Crippen LogP contribution in [0.2, 0.25) is 0 Å². The Kier molecular flexibility index (Phi) is 4.25. The molecule has 2 N–H and O–H groups in total. The molecule has 0 radical (unpaired) electrons. The summed E-state index contributed by atoms with van der Waals surface area (Å²) in [4.78, 5) is 13.5. The summed E-state index contributed by atoms with van der Waals surface area (Å²) in [5.74, 6) is -0.176. The number of hydrogen-bond acceptors (Lipinski definition) is 4. The highest BCUT2D eigenvalue weighted by molar-refractivity contribution is 5.91. The first-order valence-corrected chi connectivity index (χ1v) is 7.32. The Morgan fingerprint density at radius 3 is 2.95 bits per heavy atom. The van der Waals surface area contributed by atoms with E-state index in [0.717, 1.165) is 18.7 Å². The lowest BCUT2D eigenvalue weighted by molar-refractivity contribution is 0.0942. The van der Waals surface area contributed by atoms with Gasteiger partial charge in [0.1, 0.15) is 0 Å². The minimum atomic E-state index is -0.176. The van der Waals surface area contributed by atoms with E-state index in [-0.39, 0.29) is 5.91 Å². The van der Waals surface area contributed by atoms with Crippen molar-refractivity contribution >= 4 is 5.91 Å². The predicted octanol–water partition coefficient (Wildman–Crippen LogP) is 1.14. The number of piperidine rings is 1. The Morgan fingerprint density at radius 1 is 1.33 bits per heavy atom. The SMILES string of the molecule is O=C(NCC1CCCCN1)c1cnn(-c2ccccc2)n1. The van der Waals surface area contributed by atoms with E-state index in [0.29, 0.717) is 18.3 Å². The van der Waals surface area contributed by atoms with Crippen LogP contribution in [-0.2, 0) is 0 Å². The van der Waals surface area contributed by atoms with Crippen LogP contribution in [0.1, 0.15) is 29.8 Å². The second-order valence-electron chi connectivity index (χ2n) is 5.21. The normalized spacial score (nSPS) is 18.4. The summed E-state index contributed by atoms with van der Waals surface area (Å²) in [6.07, 6.45) is 5.04. The van der Waals surface area contributed by atoms with Crippen molar-refractivity contribution in [3.05, 3.63) is 42.2 Å². The molecule has 0 saturated carbocycles. The van der Waals surface area contributed by atoms with E-state index in [9.17, 15) is 4.79 Å². The van der Waals surface area contributed by atoms with Gasteiger partial charge in [-0.05, 0) is 31.5 Å². The average molecular weight is 285 g/mol. The molecule has 0 spiro atoms. The van der Waals surface area contributed by atoms with E-state index in [1.807, 2.05) is 30.3 Å². The van der Waals surface area contributed by atoms with Crippen LogP contribution in [0.3, 0.4) is 0 Å². The smallest absolute Gasteiger partial charge is 0.273 e. The number of nitrogens with zero attached hydrogens (tertiary/aromatic N) is 3. The van der Waals surface area contributed by atoms with Crippen molar-refractivity contribution in [3.8, 4) is 5.69 Å². The van der Waals surface area contributed by atoms with Gasteiger partial charge in [-0.2, -0.15) is 9.90 Å². The summed E-state index contributed by atoms with van der Waals surface area (Å²) in [5, 5.41) is 14.7. The number of aromatic nitrogens is 3. The zero-order valence-corrected chi connectivity index (χ0v) is 11.8. The maximum Gasteiger partial charge on any atom is 0.273 e. The minimum absolute atomic E-state index is 0.176. The highest BCUT2D eigenvalue weighted by atomic mass is 16.2. The van der Waals surface area contributed by atoms with Crippen LogP contribution in [0.25, 0.3) is 5.69 Å². The zero-order chi connectivity index (χ0) is 14.5. The minimum Gasteiger partial charge on any atom is -0.349 e. The summed E-state index contributed by atoms with van der Waals surface area (Å²) < 4.78 is 0. The van der Waals surface area contributed by atoms with Crippen LogP contribution in [0.15, 0.2) is 36.5 Å². The molecule has 3 rings (SSSR count). The maximum atomic E-state index is 12.1. The first-order chi connectivity index (χ1) is 10.3. The highest BCUT2D eigenvalue weighted by Crippen LogP contribution is 2.07. The van der Waals surface area contributed by atoms with Gasteiger partial charge in [-0.15, -0.1) is 5.10 Å². The van der Waals surface area contributed by atoms with Gasteiger partial charge in [0, 0.05) is 12.6 Å². The van der Waals surface area contributed by atoms with Gasteiger partial charge in [-0.1, -0.05) is 24.6 Å². The molecule has 0 aliphatic carbocycles. The predicted molar refractivity (Wildman–Crippen MR) is 79.3 cm³/mol. The van der Waals surface area contributed by atoms with Gasteiger partial charge < -0.3 is 10.6 Å². The topological polar surface area (TPSA) is 71.8 Å². The summed E-state index contributed by atoms with van der Waals surface area (Å²) >= 11 is 0. The number of rotatable bonds is 4. The summed E-state index contributed by atoms with van der Waals surface area (Å²) in [7, 11) is 0. The average Bonchev–Trinajstić information content (AvgIpc) is 3.04. The molecule has 6 heteroatoms. The van der Waals surface area contributed by atoms with Crippen molar-refractivity contribution in [2.45, 2.75) is 25.3 Å². The summed E-state index contributed by atoms with van der Waals surface area (Å²) in [6.45, 7) is 1.67. The molecule has 1 saturated heterocycles. The van der Waals surface area contributed by atoms with Crippen LogP contribution < -0.4 is 10.6 Å². The van der Waals surface area contributed by atoms with Crippen molar-refractivity contribution in [1.82, 2.24) is 25.6 Å². The van der Waals surface area contributed by atoms with Crippen LogP contribution in [0, 0.1) is 0 Å². The highest BCUT2D eigenvalue weighted by Gasteiger charge is 2.16. The van der Waals surface area contributed by atoms with E-state index in [4.69, 9.17) is 0 Å². The van der Waals surface area contributed by atoms with Crippen molar-refractivity contribution in [2.75, 3.05) is 13.1 Å². The van der Waals surface area contributed by atoms with Crippen molar-refractivity contribution in [1.29, 1.82) is 0 Å². The van der Waals surface area contributed by atoms with Gasteiger partial charge >= 0.3 is 0 Å². The molecule has 21 heavy (non-hydrogen) atoms. The zero-order valence-electron chi connectivity index (χ0n) is 11.8. The van der Waals surface area contributed by atoms with Gasteiger partial charge in [0.05, 0.1) is 11.9 Å². The van der Waals surface area contributed by atoms with Crippen molar-refractivity contribution in [3.63, 3.8) is 0 Å². The number of carbonyl (C=O) groups excluding carboxylic acids is 1. The van der Waals surface area contributed by atoms with E-state index < -0.39 is 0 Å². The molecule has 2 heterocycles. The van der Waals surface area contributed by atoms with Gasteiger partial charge in [-0.25, -0.2) is 0 Å². The second kappa shape index (κ2) is 6.49. The fourth-order valence-corrected chi connectivity index (χ4v) is 2.46. The lowest BCUT2D eigenvalue weighted by atomic mass is 10.1. The first kappa shape index (κ1) is 13.8. The third kappa shape index (κ3) is 3.46. The molecule has 6 nitrogen and oxygen atoms in total. The molecule has 1 unspecified atom stereocenters. The summed E-state index contributed by atoms with van der Waals surface area (Å²) in [5.41, 5.74) is 1.18. The second-order valence-corrected chi connectivity index (χ2v) is 5.21. The molecule has 1 amide bonds. The van der Waals surface area contributed by atoms with Crippen molar-refractivity contribution < 1.29 is 4.79 Å². The van der Waals surface area contributed by atoms with Gasteiger partial charge in [0.25, 0.3) is 5.91 Å². The molecule has 1 fully saturated rings. The first-order valence-electron chi connectivity index (χ1n) is 7.32. The summed E-state index contributed by atoms with van der Waals surface area (Å²) in [6, 6.07) is 9.91. The van der Waals surface area contributed by atoms with Gasteiger partial charge in [0.2, 0.25) is 0 Å². The standard InChI is InChI=1S/C15H19N5O/c21-15(17-10-12-6-4-5-9-16-12)14-11-18-20(19-14)13-7-2-1-3-8-13/h1-3,7-8,11-12,16H,4-6,9-10H2,(H,17,21). The molecule has 1 atom stereocenters. The molecule has 2 aromatic rings. The fourth-order valence-electron chi connectivity index (χ4n) is 2.46. The molecule has 1 aliphatic rings. The molecular weight excluding hydrogens is 266 g/mol. The molecule has 110 valence electrons. The third-order valence-electron chi connectivity index (χ3n) is 3.63. The Balaban J connectivity index is 1.59. The van der Waals surface area contributed by atoms with E-state index in [1.165, 1.54) is 23.8 Å². The molecule has 1 aromatic carbocycles. The van der Waals surface area contributed by atoms with Gasteiger partial charge in [0.15, 0.2) is 5.69 Å². The van der Waals surface area contributed by atoms with Gasteiger partial charge in [-0.3, -0.25) is 4.79 Å². The quantitative estimate of drug-likeness (QED) is 0.883. The molecule has 1 aliphatic heterocycles. The Morgan fingerprint density at radius 2 is 2.19 bits per heavy atom. The number of amides is 1. The molecule has 1 aromatic heterocycles. The van der Waals surface area contributed by atoms with Crippen LogP contribution >= 0.6 is 0 Å². The lowest BCUT2D eigenvalue weighted by Gasteiger charge is -2.23. The maximum absolute atomic E-state index is 12.1. The van der Waals surface area contributed by atoms with E-state index in [1.54, 1.807) is 0 Å². The lowest BCUT2D eigenvalue weighted by Crippen LogP contribution is -2.43. The number of carbonyl (C=O) groups is 1. The van der Waals surface area contributed by atoms with Crippen LogP contribution in [-0.4, -0.2) is 40.0 Å². The van der Waals surface area contributed by atoms with Crippen molar-refractivity contribution in [2.24, 2.45) is 0 Å². The number of nitrogens with one attached hydrogen (secondary N) is 2. The fraction of sp³-hybridized carbons (Fsp3) is 0.400. The van der Waals surface area contributed by atoms with Crippen LogP contribution in [0.4, 0.5) is 0 Å². The van der Waals surface area contributed by atoms with E-state index in [2.05, 4.69) is 20.8 Å². The molecule has 0 bridgehead atoms. The third-order valence-corrected chi connectivity index (χ3v) is 3.63. The van der Waals surface area contributed by atoms with E-state index >= 15 is 0 Å². The number of para-hydroxylation sites is 1.